The minimum atomic E-state index is -0.385. The Bertz CT molecular complexity index is 278. The molecule has 0 aliphatic carbocycles. The third kappa shape index (κ3) is 3.30. The van der Waals surface area contributed by atoms with Gasteiger partial charge in [0.2, 0.25) is 0 Å². The summed E-state index contributed by atoms with van der Waals surface area (Å²) in [5.41, 5.74) is 6.26. The fraction of sp³-hybridized carbons (Fsp3) is 0.333. The first-order chi connectivity index (χ1) is 6.24. The van der Waals surface area contributed by atoms with Crippen LogP contribution in [0, 0.1) is 5.82 Å². The number of hydrogen-bond donors (Lipinski definition) is 2. The topological polar surface area (TPSA) is 38.0 Å². The van der Waals surface area contributed by atoms with Crippen LogP contribution in [0.5, 0.6) is 0 Å². The first-order valence-corrected chi connectivity index (χ1v) is 4.46. The number of benzene rings is 1. The molecule has 1 aromatic carbocycles. The summed E-state index contributed by atoms with van der Waals surface area (Å²) in [6.45, 7) is 2.00. The lowest BCUT2D eigenvalue weighted by atomic mass is 10.2. The molecule has 0 aliphatic rings. The van der Waals surface area contributed by atoms with E-state index < -0.39 is 0 Å². The summed E-state index contributed by atoms with van der Waals surface area (Å²) in [6.07, 6.45) is 0. The largest absolute Gasteiger partial charge is 0.329 e. The molecule has 0 aliphatic heterocycles. The van der Waals surface area contributed by atoms with E-state index in [0.717, 1.165) is 12.1 Å². The Hall–Kier alpha value is -0.640. The van der Waals surface area contributed by atoms with E-state index in [-0.39, 0.29) is 10.8 Å². The van der Waals surface area contributed by atoms with Crippen LogP contribution < -0.4 is 11.1 Å². The molecule has 0 bridgehead atoms. The van der Waals surface area contributed by atoms with E-state index >= 15 is 0 Å². The predicted octanol–water partition coefficient (Wildman–Crippen LogP) is 1.53. The van der Waals surface area contributed by atoms with Crippen molar-refractivity contribution < 1.29 is 4.39 Å². The molecule has 0 amide bonds. The number of nitrogens with two attached hydrogens (primary N) is 1. The highest BCUT2D eigenvalue weighted by atomic mass is 35.5. The lowest BCUT2D eigenvalue weighted by Gasteiger charge is -2.03. The smallest absolute Gasteiger partial charge is 0.141 e. The van der Waals surface area contributed by atoms with Crippen molar-refractivity contribution in [1.29, 1.82) is 0 Å². The molecule has 0 unspecified atom stereocenters. The van der Waals surface area contributed by atoms with Crippen LogP contribution in [0.15, 0.2) is 18.2 Å². The maximum atomic E-state index is 12.7. The molecule has 0 saturated heterocycles. The Morgan fingerprint density at radius 2 is 2.23 bits per heavy atom. The van der Waals surface area contributed by atoms with Crippen molar-refractivity contribution in [3.8, 4) is 0 Å². The van der Waals surface area contributed by atoms with Gasteiger partial charge in [-0.15, -0.1) is 0 Å². The van der Waals surface area contributed by atoms with E-state index in [1.54, 1.807) is 12.1 Å². The first-order valence-electron chi connectivity index (χ1n) is 4.08. The van der Waals surface area contributed by atoms with Gasteiger partial charge in [-0.3, -0.25) is 0 Å². The number of hydrogen-bond acceptors (Lipinski definition) is 2. The minimum Gasteiger partial charge on any atom is -0.329 e. The summed E-state index contributed by atoms with van der Waals surface area (Å²) in [4.78, 5) is 0. The Balaban J connectivity index is 2.53. The quantitative estimate of drug-likeness (QED) is 0.727. The lowest BCUT2D eigenvalue weighted by Crippen LogP contribution is -2.21. The van der Waals surface area contributed by atoms with Crippen molar-refractivity contribution in [2.24, 2.45) is 5.73 Å². The molecule has 1 rings (SSSR count). The van der Waals surface area contributed by atoms with Crippen LogP contribution >= 0.6 is 11.6 Å². The van der Waals surface area contributed by atoms with Gasteiger partial charge in [0.15, 0.2) is 0 Å². The highest BCUT2D eigenvalue weighted by molar-refractivity contribution is 6.30. The molecule has 3 N–H and O–H groups in total. The van der Waals surface area contributed by atoms with E-state index in [0.29, 0.717) is 13.1 Å². The van der Waals surface area contributed by atoms with Gasteiger partial charge in [-0.05, 0) is 17.7 Å². The standard InChI is InChI=1S/C9H12ClFN2/c10-8-5-7(1-2-9(8)11)6-13-4-3-12/h1-2,5,13H,3-4,6,12H2. The summed E-state index contributed by atoms with van der Waals surface area (Å²) in [5.74, 6) is -0.385. The van der Waals surface area contributed by atoms with Crippen molar-refractivity contribution in [3.05, 3.63) is 34.6 Å². The van der Waals surface area contributed by atoms with Gasteiger partial charge in [-0.25, -0.2) is 4.39 Å². The van der Waals surface area contributed by atoms with Gasteiger partial charge in [0.05, 0.1) is 5.02 Å². The van der Waals surface area contributed by atoms with Crippen LogP contribution in [0.3, 0.4) is 0 Å². The summed E-state index contributed by atoms with van der Waals surface area (Å²) in [7, 11) is 0. The van der Waals surface area contributed by atoms with Gasteiger partial charge >= 0.3 is 0 Å². The molecule has 2 nitrogen and oxygen atoms in total. The maximum Gasteiger partial charge on any atom is 0.141 e. The zero-order chi connectivity index (χ0) is 9.68. The van der Waals surface area contributed by atoms with Crippen LogP contribution in [0.4, 0.5) is 4.39 Å². The Morgan fingerprint density at radius 3 is 2.85 bits per heavy atom. The van der Waals surface area contributed by atoms with Crippen LogP contribution in [0.2, 0.25) is 5.02 Å². The monoisotopic (exact) mass is 202 g/mol. The second-order valence-corrected chi connectivity index (χ2v) is 3.12. The fourth-order valence-corrected chi connectivity index (χ4v) is 1.19. The zero-order valence-corrected chi connectivity index (χ0v) is 7.94. The molecule has 13 heavy (non-hydrogen) atoms. The zero-order valence-electron chi connectivity index (χ0n) is 7.19. The predicted molar refractivity (Wildman–Crippen MR) is 52.2 cm³/mol. The number of nitrogens with one attached hydrogen (secondary N) is 1. The molecular weight excluding hydrogens is 191 g/mol. The van der Waals surface area contributed by atoms with Crippen LogP contribution in [0.25, 0.3) is 0 Å². The van der Waals surface area contributed by atoms with Gasteiger partial charge < -0.3 is 11.1 Å². The highest BCUT2D eigenvalue weighted by Gasteiger charge is 1.99. The maximum absolute atomic E-state index is 12.7. The van der Waals surface area contributed by atoms with Crippen LogP contribution in [0.1, 0.15) is 5.56 Å². The summed E-state index contributed by atoms with van der Waals surface area (Å²) in [6, 6.07) is 4.67. The Labute approximate surface area is 81.9 Å². The molecule has 0 fully saturated rings. The third-order valence-electron chi connectivity index (χ3n) is 1.63. The lowest BCUT2D eigenvalue weighted by molar-refractivity contribution is 0.625. The first kappa shape index (κ1) is 10.4. The van der Waals surface area contributed by atoms with Crippen molar-refractivity contribution in [1.82, 2.24) is 5.32 Å². The van der Waals surface area contributed by atoms with Gasteiger partial charge in [0.25, 0.3) is 0 Å². The Kier molecular flexibility index (Phi) is 4.15. The van der Waals surface area contributed by atoms with E-state index in [1.807, 2.05) is 0 Å². The highest BCUT2D eigenvalue weighted by Crippen LogP contribution is 2.15. The molecule has 0 radical (unpaired) electrons. The second-order valence-electron chi connectivity index (χ2n) is 2.71. The fourth-order valence-electron chi connectivity index (χ4n) is 0.984. The van der Waals surface area contributed by atoms with Gasteiger partial charge in [-0.1, -0.05) is 17.7 Å². The average molecular weight is 203 g/mol. The molecule has 0 atom stereocenters. The van der Waals surface area contributed by atoms with Crippen molar-refractivity contribution in [2.45, 2.75) is 6.54 Å². The van der Waals surface area contributed by atoms with Gasteiger partial charge in [-0.2, -0.15) is 0 Å². The Morgan fingerprint density at radius 1 is 1.46 bits per heavy atom. The molecule has 72 valence electrons. The van der Waals surface area contributed by atoms with Gasteiger partial charge in [0, 0.05) is 19.6 Å². The molecule has 1 aromatic rings. The van der Waals surface area contributed by atoms with Crippen LogP contribution in [-0.2, 0) is 6.54 Å². The van der Waals surface area contributed by atoms with Crippen molar-refractivity contribution >= 4 is 11.6 Å². The summed E-state index contributed by atoms with van der Waals surface area (Å²) >= 11 is 5.60. The van der Waals surface area contributed by atoms with E-state index in [9.17, 15) is 4.39 Å². The van der Waals surface area contributed by atoms with Gasteiger partial charge in [0.1, 0.15) is 5.82 Å². The molecule has 0 heterocycles. The summed E-state index contributed by atoms with van der Waals surface area (Å²) < 4.78 is 12.7. The second kappa shape index (κ2) is 5.17. The third-order valence-corrected chi connectivity index (χ3v) is 1.92. The average Bonchev–Trinajstić information content (AvgIpc) is 2.12. The molecule has 0 aromatic heterocycles. The summed E-state index contributed by atoms with van der Waals surface area (Å²) in [5, 5.41) is 3.25. The number of rotatable bonds is 4. The normalized spacial score (nSPS) is 10.4. The number of halogens is 2. The molecule has 4 heteroatoms. The van der Waals surface area contributed by atoms with Crippen molar-refractivity contribution in [2.75, 3.05) is 13.1 Å². The minimum absolute atomic E-state index is 0.159. The molecule has 0 spiro atoms. The van der Waals surface area contributed by atoms with E-state index in [1.165, 1.54) is 6.07 Å². The molecular formula is C9H12ClFN2. The van der Waals surface area contributed by atoms with Crippen LogP contribution in [-0.4, -0.2) is 13.1 Å². The SMILES string of the molecule is NCCNCc1ccc(F)c(Cl)c1. The molecule has 0 saturated carbocycles. The van der Waals surface area contributed by atoms with Crippen molar-refractivity contribution in [3.63, 3.8) is 0 Å². The van der Waals surface area contributed by atoms with E-state index in [2.05, 4.69) is 5.32 Å². The van der Waals surface area contributed by atoms with E-state index in [4.69, 9.17) is 17.3 Å².